The summed E-state index contributed by atoms with van der Waals surface area (Å²) in [6.45, 7) is 93.1. The van der Waals surface area contributed by atoms with Crippen molar-refractivity contribution in [3.05, 3.63) is 0 Å². The SMILES string of the molecule is CC(C)C.CC(C)C(C)(C)C.CCC(C)(C)C.CCC(C)(C)C1CCCCC1.CCC(C)(C)CC.CCC(C)C.CCC(C)C(C)C(C)C.CCC(C)C(C)CC.CCC(C)CC.CCC(CC)(CC)CC.CCCC(C)CC. The fourth-order valence-corrected chi connectivity index (χ4v) is 6.74. The van der Waals surface area contributed by atoms with Gasteiger partial charge in [-0.25, -0.2) is 0 Å². The zero-order valence-electron chi connectivity index (χ0n) is 65.4. The van der Waals surface area contributed by atoms with Crippen molar-refractivity contribution >= 4 is 0 Å². The van der Waals surface area contributed by atoms with Crippen LogP contribution in [-0.2, 0) is 0 Å². The molecule has 494 valence electrons. The number of hydrogen-bond acceptors (Lipinski definition) is 0. The maximum Gasteiger partial charge on any atom is -0.0308 e. The summed E-state index contributed by atoms with van der Waals surface area (Å²) in [6, 6.07) is 0. The largest absolute Gasteiger partial charge is 0.0654 e. The van der Waals surface area contributed by atoms with Crippen molar-refractivity contribution in [1.29, 1.82) is 0 Å². The third-order valence-electron chi connectivity index (χ3n) is 19.9. The molecule has 0 amide bonds. The van der Waals surface area contributed by atoms with Gasteiger partial charge in [-0.05, 0) is 105 Å². The van der Waals surface area contributed by atoms with Gasteiger partial charge in [0, 0.05) is 0 Å². The van der Waals surface area contributed by atoms with E-state index >= 15 is 0 Å². The van der Waals surface area contributed by atoms with Gasteiger partial charge in [0.05, 0.1) is 0 Å². The Balaban J connectivity index is -0.0000000837. The summed E-state index contributed by atoms with van der Waals surface area (Å²) in [5.41, 5.74) is 2.90. The van der Waals surface area contributed by atoms with E-state index in [0.29, 0.717) is 27.1 Å². The van der Waals surface area contributed by atoms with Gasteiger partial charge in [0.15, 0.2) is 0 Å². The number of hydrogen-bond donors (Lipinski definition) is 0. The summed E-state index contributed by atoms with van der Waals surface area (Å²) in [7, 11) is 0. The molecule has 0 nitrogen and oxygen atoms in total. The minimum atomic E-state index is 0.500. The molecule has 0 radical (unpaired) electrons. The van der Waals surface area contributed by atoms with Crippen molar-refractivity contribution < 1.29 is 0 Å². The van der Waals surface area contributed by atoms with Crippen LogP contribution in [0.15, 0.2) is 0 Å². The topological polar surface area (TPSA) is 0 Å². The van der Waals surface area contributed by atoms with Gasteiger partial charge in [-0.1, -0.05) is 412 Å². The lowest BCUT2D eigenvalue weighted by molar-refractivity contribution is 0.152. The van der Waals surface area contributed by atoms with E-state index < -0.39 is 0 Å². The molecule has 5 unspecified atom stereocenters. The summed E-state index contributed by atoms with van der Waals surface area (Å²) < 4.78 is 0. The molecule has 0 heterocycles. The molecule has 0 N–H and O–H groups in total. The monoisotopic (exact) mass is 1130 g/mol. The van der Waals surface area contributed by atoms with Gasteiger partial charge < -0.3 is 0 Å². The van der Waals surface area contributed by atoms with Crippen LogP contribution < -0.4 is 0 Å². The van der Waals surface area contributed by atoms with Crippen LogP contribution in [0.2, 0.25) is 0 Å². The Morgan fingerprint density at radius 3 is 0.747 bits per heavy atom. The molecule has 1 saturated carbocycles. The van der Waals surface area contributed by atoms with Gasteiger partial charge >= 0.3 is 0 Å². The lowest BCUT2D eigenvalue weighted by Crippen LogP contribution is -2.25. The highest BCUT2D eigenvalue weighted by Gasteiger charge is 2.28. The fraction of sp³-hybridized carbons (Fsp3) is 1.00. The number of rotatable bonds is 20. The lowest BCUT2D eigenvalue weighted by Gasteiger charge is -2.36. The first-order valence-corrected chi connectivity index (χ1v) is 36.0. The Morgan fingerprint density at radius 2 is 0.646 bits per heavy atom. The van der Waals surface area contributed by atoms with Gasteiger partial charge in [-0.3, -0.25) is 0 Å². The molecule has 79 heavy (non-hydrogen) atoms. The molecule has 0 heteroatoms. The van der Waals surface area contributed by atoms with E-state index in [4.69, 9.17) is 0 Å². The zero-order valence-corrected chi connectivity index (χ0v) is 65.4. The minimum Gasteiger partial charge on any atom is -0.0654 e. The average molecular weight is 1130 g/mol. The Bertz CT molecular complexity index is 1000. The molecule has 5 atom stereocenters. The summed E-state index contributed by atoms with van der Waals surface area (Å²) in [5, 5.41) is 0. The average Bonchev–Trinajstić information content (AvgIpc) is 3.41. The van der Waals surface area contributed by atoms with Gasteiger partial charge in [0.2, 0.25) is 0 Å². The van der Waals surface area contributed by atoms with Crippen LogP contribution in [0.3, 0.4) is 0 Å². The molecule has 0 aromatic carbocycles. The summed E-state index contributed by atoms with van der Waals surface area (Å²) >= 11 is 0. The first-order valence-electron chi connectivity index (χ1n) is 36.0. The predicted octanol–water partition coefficient (Wildman–Crippen LogP) is 31.0. The minimum absolute atomic E-state index is 0.500. The molecule has 1 fully saturated rings. The van der Waals surface area contributed by atoms with E-state index in [2.05, 4.69) is 284 Å². The van der Waals surface area contributed by atoms with Gasteiger partial charge in [-0.15, -0.1) is 0 Å². The molecule has 0 spiro atoms. The molecular formula is C79H178. The van der Waals surface area contributed by atoms with Crippen LogP contribution in [0.4, 0.5) is 0 Å². The molecule has 1 aliphatic rings. The van der Waals surface area contributed by atoms with Crippen molar-refractivity contribution in [2.45, 2.75) is 425 Å². The van der Waals surface area contributed by atoms with Crippen LogP contribution in [-0.4, -0.2) is 0 Å². The van der Waals surface area contributed by atoms with E-state index in [0.717, 1.165) is 65.1 Å². The van der Waals surface area contributed by atoms with Gasteiger partial charge in [0.25, 0.3) is 0 Å². The second-order valence-electron chi connectivity index (χ2n) is 30.9. The van der Waals surface area contributed by atoms with E-state index in [1.807, 2.05) is 0 Å². The third-order valence-corrected chi connectivity index (χ3v) is 19.9. The molecule has 0 saturated heterocycles. The highest BCUT2D eigenvalue weighted by molar-refractivity contribution is 4.79. The Kier molecular flexibility index (Phi) is 81.8. The van der Waals surface area contributed by atoms with Crippen molar-refractivity contribution in [3.8, 4) is 0 Å². The first-order chi connectivity index (χ1) is 36.0. The van der Waals surface area contributed by atoms with Crippen LogP contribution in [0, 0.1) is 92.2 Å². The Morgan fingerprint density at radius 1 is 0.354 bits per heavy atom. The smallest absolute Gasteiger partial charge is 0.0308 e. The lowest BCUT2D eigenvalue weighted by atomic mass is 9.70. The summed E-state index contributed by atoms with van der Waals surface area (Å²) in [6.07, 6.45) is 30.0. The standard InChI is InChI=1S/C11H22.2C9H20.C8H18.3C7H16.2C6H14.C5H12.C4H10/c1-4-11(2,3)10-8-6-5-7-9-10;1-6-8(4)9(5)7(2)3;1-5-9(6-2,7-3)8-4;1-5-7(3)8(4)6-2;1-6(2)7(3,4)5;1-5-7(3,4)6-2;1-4-6-7(3)5-2;1-5-6(2,3)4;1-4-6(3)5-2;1-4-5(2)3;1-4(2)3/h10H,4-9H2,1-3H3;7-9H,6H2,1-5H3;5-8H2,1-4H3;7-8H,5-6H2,1-4H3;6H,1-5H3;5-6H2,1-4H3;7H,4-6H2,1-3H3;5H2,1-4H3;6H,4-5H2,1-3H3;5H,4H2,1-3H3;4H,1-3H3. The van der Waals surface area contributed by atoms with E-state index in [1.54, 1.807) is 0 Å². The molecule has 0 bridgehead atoms. The normalized spacial score (nSPS) is 14.5. The quantitative estimate of drug-likeness (QED) is 0.114. The molecule has 0 aromatic rings. The van der Waals surface area contributed by atoms with E-state index in [-0.39, 0.29) is 0 Å². The van der Waals surface area contributed by atoms with Crippen molar-refractivity contribution in [2.75, 3.05) is 0 Å². The predicted molar refractivity (Wildman–Crippen MR) is 385 cm³/mol. The zero-order chi connectivity index (χ0) is 65.4. The van der Waals surface area contributed by atoms with E-state index in [1.165, 1.54) is 141 Å². The van der Waals surface area contributed by atoms with Crippen LogP contribution >= 0.6 is 0 Å². The molecular weight excluding hydrogens is 949 g/mol. The maximum atomic E-state index is 2.43. The van der Waals surface area contributed by atoms with Crippen LogP contribution in [0.5, 0.6) is 0 Å². The van der Waals surface area contributed by atoms with Gasteiger partial charge in [0.1, 0.15) is 0 Å². The molecule has 1 rings (SSSR count). The van der Waals surface area contributed by atoms with Crippen LogP contribution in [0.25, 0.3) is 0 Å². The van der Waals surface area contributed by atoms with Crippen molar-refractivity contribution in [1.82, 2.24) is 0 Å². The first kappa shape index (κ1) is 101. The second-order valence-corrected chi connectivity index (χ2v) is 30.9. The highest BCUT2D eigenvalue weighted by Crippen LogP contribution is 2.40. The molecule has 1 aliphatic carbocycles. The molecule has 0 aliphatic heterocycles. The molecule has 0 aromatic heterocycles. The Hall–Kier alpha value is 0. The summed E-state index contributed by atoms with van der Waals surface area (Å²) in [4.78, 5) is 0. The van der Waals surface area contributed by atoms with Crippen LogP contribution in [0.1, 0.15) is 425 Å². The maximum absolute atomic E-state index is 2.43. The Labute approximate surface area is 514 Å². The van der Waals surface area contributed by atoms with Crippen molar-refractivity contribution in [3.63, 3.8) is 0 Å². The summed E-state index contributed by atoms with van der Waals surface area (Å²) in [5.74, 6) is 9.87. The van der Waals surface area contributed by atoms with E-state index in [9.17, 15) is 0 Å². The fourth-order valence-electron chi connectivity index (χ4n) is 6.74. The third kappa shape index (κ3) is 84.5. The van der Waals surface area contributed by atoms with Gasteiger partial charge in [-0.2, -0.15) is 0 Å². The second kappa shape index (κ2) is 64.0. The van der Waals surface area contributed by atoms with Crippen molar-refractivity contribution in [2.24, 2.45) is 92.2 Å². The highest BCUT2D eigenvalue weighted by atomic mass is 14.3.